The smallest absolute Gasteiger partial charge is 0.507 e. The monoisotopic (exact) mass is 531 g/mol. The molecular weight excluding hydrogens is 491 g/mol. The molecule has 8 nitrogen and oxygen atoms in total. The molecule has 0 bridgehead atoms. The summed E-state index contributed by atoms with van der Waals surface area (Å²) in [7, 11) is -3.21. The number of hydrogen-bond acceptors (Lipinski definition) is 5. The van der Waals surface area contributed by atoms with Crippen LogP contribution in [0.1, 0.15) is 65.4 Å². The van der Waals surface area contributed by atoms with Gasteiger partial charge in [0, 0.05) is 34.4 Å². The number of aromatic nitrogens is 1. The average molecular weight is 532 g/mol. The molecule has 2 aromatic carbocycles. The predicted octanol–water partition coefficient (Wildman–Crippen LogP) is 6.03. The fourth-order valence-electron chi connectivity index (χ4n) is 4.51. The van der Waals surface area contributed by atoms with Crippen molar-refractivity contribution in [2.24, 2.45) is 0 Å². The molecule has 2 atom stereocenters. The maximum Gasteiger partial charge on any atom is 0.531 e. The number of likely N-dealkylation sites (N-methyl/N-ethyl adjacent to an activating group) is 1. The van der Waals surface area contributed by atoms with Gasteiger partial charge in [-0.15, -0.1) is 0 Å². The normalized spacial score (nSPS) is 15.5. The highest BCUT2D eigenvalue weighted by Crippen LogP contribution is 2.50. The lowest BCUT2D eigenvalue weighted by Crippen LogP contribution is -2.46. The molecule has 37 heavy (non-hydrogen) atoms. The zero-order valence-corrected chi connectivity index (χ0v) is 24.1. The van der Waals surface area contributed by atoms with Gasteiger partial charge in [0.1, 0.15) is 35.5 Å². The van der Waals surface area contributed by atoms with E-state index in [0.29, 0.717) is 23.0 Å². The van der Waals surface area contributed by atoms with Crippen molar-refractivity contribution in [1.29, 1.82) is 0 Å². The summed E-state index contributed by atoms with van der Waals surface area (Å²) in [5, 5.41) is 20.9. The third-order valence-electron chi connectivity index (χ3n) is 6.66. The van der Waals surface area contributed by atoms with E-state index in [9.17, 15) is 24.6 Å². The van der Waals surface area contributed by atoms with Crippen molar-refractivity contribution in [1.82, 2.24) is 9.24 Å². The Bertz CT molecular complexity index is 1290. The van der Waals surface area contributed by atoms with Gasteiger partial charge in [-0.3, -0.25) is 9.79 Å². The minimum absolute atomic E-state index is 0.135. The number of aryl methyl sites for hydroxylation is 1. The third kappa shape index (κ3) is 5.84. The van der Waals surface area contributed by atoms with Gasteiger partial charge in [-0.25, -0.2) is 13.8 Å². The standard InChI is InChI=1S/C28H39N2O6P/c1-17(31)16-30(9,37(33,34)35)21-12-10-19(11-13-21)24-18(2)36-26(29-24)20-14-22(27(3,4)5)25(32)23(15-20)28(6,7)8/h10-15,17,31H,16H2,1-9H3,(H2-,29,32,33,34,35)/p+1. The van der Waals surface area contributed by atoms with E-state index in [2.05, 4.69) is 0 Å². The Hall–Kier alpha value is -2.48. The lowest BCUT2D eigenvalue weighted by atomic mass is 9.78. The third-order valence-corrected chi connectivity index (χ3v) is 8.21. The number of benzene rings is 2. The average Bonchev–Trinajstić information content (AvgIpc) is 3.12. The zero-order chi connectivity index (χ0) is 28.1. The SMILES string of the molecule is Cc1oc(-c2cc(C(C)(C)C)c(O)c(C(C)(C)C)c2)nc1-c1ccc([N+](C)(CC(C)O)P(=O)(O)O)cc1. The van der Waals surface area contributed by atoms with E-state index in [1.54, 1.807) is 24.3 Å². The van der Waals surface area contributed by atoms with E-state index in [4.69, 9.17) is 9.40 Å². The Balaban J connectivity index is 2.09. The number of quaternary nitrogens is 1. The fraction of sp³-hybridized carbons (Fsp3) is 0.464. The summed E-state index contributed by atoms with van der Waals surface area (Å²) in [4.78, 5) is 24.8. The summed E-state index contributed by atoms with van der Waals surface area (Å²) < 4.78 is 17.7. The molecule has 2 unspecified atom stereocenters. The predicted molar refractivity (Wildman–Crippen MR) is 147 cm³/mol. The van der Waals surface area contributed by atoms with Crippen LogP contribution in [0.2, 0.25) is 0 Å². The second-order valence-corrected chi connectivity index (χ2v) is 14.0. The first kappa shape index (κ1) is 29.1. The second kappa shape index (κ2) is 9.68. The van der Waals surface area contributed by atoms with E-state index in [1.165, 1.54) is 14.0 Å². The molecule has 1 aromatic heterocycles. The molecular formula is C28H40N2O6P+. The minimum atomic E-state index is -4.61. The molecule has 0 saturated carbocycles. The molecule has 0 saturated heterocycles. The van der Waals surface area contributed by atoms with Crippen LogP contribution >= 0.6 is 7.75 Å². The molecule has 0 fully saturated rings. The minimum Gasteiger partial charge on any atom is -0.507 e. The van der Waals surface area contributed by atoms with Crippen molar-refractivity contribution >= 4 is 13.4 Å². The molecule has 202 valence electrons. The molecule has 0 aliphatic heterocycles. The van der Waals surface area contributed by atoms with Crippen LogP contribution in [0.4, 0.5) is 5.69 Å². The molecule has 3 aromatic rings. The first-order valence-electron chi connectivity index (χ1n) is 12.3. The molecule has 9 heteroatoms. The van der Waals surface area contributed by atoms with Crippen molar-refractivity contribution in [3.8, 4) is 28.5 Å². The molecule has 0 radical (unpaired) electrons. The van der Waals surface area contributed by atoms with Crippen molar-refractivity contribution in [2.75, 3.05) is 13.6 Å². The number of aromatic hydroxyl groups is 1. The fourth-order valence-corrected chi connectivity index (χ4v) is 5.39. The number of oxazole rings is 1. The molecule has 4 N–H and O–H groups in total. The van der Waals surface area contributed by atoms with Crippen molar-refractivity contribution in [3.05, 3.63) is 53.3 Å². The maximum atomic E-state index is 12.3. The second-order valence-electron chi connectivity index (χ2n) is 12.1. The van der Waals surface area contributed by atoms with E-state index >= 15 is 0 Å². The number of aliphatic hydroxyl groups excluding tert-OH is 1. The Morgan fingerprint density at radius 3 is 1.86 bits per heavy atom. The van der Waals surface area contributed by atoms with Gasteiger partial charge >= 0.3 is 7.75 Å². The van der Waals surface area contributed by atoms with E-state index < -0.39 is 18.1 Å². The summed E-state index contributed by atoms with van der Waals surface area (Å²) in [5.74, 6) is 1.31. The molecule has 0 amide bonds. The summed E-state index contributed by atoms with van der Waals surface area (Å²) in [6.45, 7) is 15.5. The number of rotatable bonds is 6. The first-order chi connectivity index (χ1) is 16.8. The van der Waals surface area contributed by atoms with Crippen LogP contribution in [0, 0.1) is 6.92 Å². The van der Waals surface area contributed by atoms with Crippen molar-refractivity contribution in [3.63, 3.8) is 0 Å². The molecule has 0 aliphatic rings. The van der Waals surface area contributed by atoms with Gasteiger partial charge in [0.25, 0.3) is 0 Å². The van der Waals surface area contributed by atoms with Gasteiger partial charge in [-0.05, 0) is 48.9 Å². The number of hydrogen-bond donors (Lipinski definition) is 4. The molecule has 3 rings (SSSR count). The zero-order valence-electron chi connectivity index (χ0n) is 23.2. The summed E-state index contributed by atoms with van der Waals surface area (Å²) >= 11 is 0. The maximum absolute atomic E-state index is 12.3. The van der Waals surface area contributed by atoms with E-state index in [-0.39, 0.29) is 23.1 Å². The van der Waals surface area contributed by atoms with Crippen LogP contribution in [-0.2, 0) is 15.4 Å². The van der Waals surface area contributed by atoms with Crippen LogP contribution in [0.15, 0.2) is 40.8 Å². The van der Waals surface area contributed by atoms with Gasteiger partial charge in [-0.2, -0.15) is 0 Å². The lowest BCUT2D eigenvalue weighted by Gasteiger charge is -2.34. The van der Waals surface area contributed by atoms with Crippen LogP contribution in [0.3, 0.4) is 0 Å². The topological polar surface area (TPSA) is 124 Å². The molecule has 1 heterocycles. The highest BCUT2D eigenvalue weighted by Gasteiger charge is 2.45. The van der Waals surface area contributed by atoms with Gasteiger partial charge < -0.3 is 14.6 Å². The number of phenols is 1. The largest absolute Gasteiger partial charge is 0.531 e. The highest BCUT2D eigenvalue weighted by atomic mass is 31.2. The first-order valence-corrected chi connectivity index (χ1v) is 13.9. The summed E-state index contributed by atoms with van der Waals surface area (Å²) in [5.41, 5.74) is 3.52. The molecule has 0 spiro atoms. The van der Waals surface area contributed by atoms with Gasteiger partial charge in [-0.1, -0.05) is 41.5 Å². The van der Waals surface area contributed by atoms with Crippen molar-refractivity contribution in [2.45, 2.75) is 72.3 Å². The van der Waals surface area contributed by atoms with Crippen LogP contribution in [0.25, 0.3) is 22.7 Å². The van der Waals surface area contributed by atoms with E-state index in [1.807, 2.05) is 60.6 Å². The lowest BCUT2D eigenvalue weighted by molar-refractivity contribution is 0.157. The summed E-state index contributed by atoms with van der Waals surface area (Å²) in [6.07, 6.45) is -0.904. The summed E-state index contributed by atoms with van der Waals surface area (Å²) in [6, 6.07) is 10.6. The Morgan fingerprint density at radius 2 is 1.46 bits per heavy atom. The number of phenolic OH excluding ortho intramolecular Hbond substituents is 1. The van der Waals surface area contributed by atoms with Crippen LogP contribution in [-0.4, -0.2) is 44.7 Å². The van der Waals surface area contributed by atoms with Crippen LogP contribution in [0.5, 0.6) is 5.75 Å². The quantitative estimate of drug-likeness (QED) is 0.286. The highest BCUT2D eigenvalue weighted by molar-refractivity contribution is 7.51. The van der Waals surface area contributed by atoms with Gasteiger partial charge in [0.05, 0.1) is 7.05 Å². The van der Waals surface area contributed by atoms with E-state index in [0.717, 1.165) is 22.3 Å². The van der Waals surface area contributed by atoms with Crippen molar-refractivity contribution < 1.29 is 29.0 Å². The molecule has 0 aliphatic carbocycles. The Kier molecular flexibility index (Phi) is 7.61. The Labute approximate surface area is 219 Å². The number of aliphatic hydroxyl groups is 1. The number of nitrogens with zero attached hydrogens (tertiary/aromatic N) is 2. The van der Waals surface area contributed by atoms with Crippen LogP contribution < -0.4 is 4.25 Å². The Morgan fingerprint density at radius 1 is 0.973 bits per heavy atom. The van der Waals surface area contributed by atoms with Gasteiger partial charge in [0.2, 0.25) is 5.89 Å². The van der Waals surface area contributed by atoms with Gasteiger partial charge in [0.15, 0.2) is 0 Å².